The molecule has 0 saturated heterocycles. The zero-order chi connectivity index (χ0) is 12.5. The van der Waals surface area contributed by atoms with Gasteiger partial charge in [-0.2, -0.15) is 5.10 Å². The Kier molecular flexibility index (Phi) is 6.25. The molecule has 0 saturated carbocycles. The molecule has 0 aliphatic carbocycles. The van der Waals surface area contributed by atoms with Gasteiger partial charge in [0.25, 0.3) is 0 Å². The number of hydrogen-bond donors (Lipinski definition) is 1. The van der Waals surface area contributed by atoms with E-state index in [0.717, 1.165) is 25.0 Å². The number of ether oxygens (including phenoxy) is 1. The Morgan fingerprint density at radius 2 is 2.18 bits per heavy atom. The SMILES string of the molecule is C=CCCCCCC(N)c1ccc(OC)nn1. The minimum Gasteiger partial charge on any atom is -0.480 e. The first-order valence-corrected chi connectivity index (χ1v) is 6.02. The highest BCUT2D eigenvalue weighted by atomic mass is 16.5. The highest BCUT2D eigenvalue weighted by Gasteiger charge is 2.07. The van der Waals surface area contributed by atoms with Gasteiger partial charge in [0.15, 0.2) is 0 Å². The van der Waals surface area contributed by atoms with Crippen molar-refractivity contribution < 1.29 is 4.74 Å². The van der Waals surface area contributed by atoms with E-state index in [0.29, 0.717) is 5.88 Å². The van der Waals surface area contributed by atoms with Crippen molar-refractivity contribution in [2.75, 3.05) is 7.11 Å². The van der Waals surface area contributed by atoms with Gasteiger partial charge in [-0.3, -0.25) is 0 Å². The average molecular weight is 235 g/mol. The molecule has 0 fully saturated rings. The van der Waals surface area contributed by atoms with Gasteiger partial charge in [0, 0.05) is 12.1 Å². The molecule has 0 amide bonds. The average Bonchev–Trinajstić information content (AvgIpc) is 2.38. The van der Waals surface area contributed by atoms with Crippen LogP contribution in [0.1, 0.15) is 43.8 Å². The van der Waals surface area contributed by atoms with Gasteiger partial charge in [-0.25, -0.2) is 0 Å². The Balaban J connectivity index is 2.30. The molecule has 1 aromatic heterocycles. The topological polar surface area (TPSA) is 61.0 Å². The molecule has 17 heavy (non-hydrogen) atoms. The van der Waals surface area contributed by atoms with Crippen molar-refractivity contribution in [2.45, 2.75) is 38.1 Å². The summed E-state index contributed by atoms with van der Waals surface area (Å²) in [5, 5.41) is 7.96. The fourth-order valence-electron chi connectivity index (χ4n) is 1.61. The van der Waals surface area contributed by atoms with Crippen LogP contribution in [0.3, 0.4) is 0 Å². The molecule has 0 spiro atoms. The van der Waals surface area contributed by atoms with Gasteiger partial charge in [-0.15, -0.1) is 11.7 Å². The maximum Gasteiger partial charge on any atom is 0.233 e. The minimum atomic E-state index is -0.0304. The van der Waals surface area contributed by atoms with Crippen molar-refractivity contribution in [3.05, 3.63) is 30.5 Å². The smallest absolute Gasteiger partial charge is 0.233 e. The van der Waals surface area contributed by atoms with E-state index in [1.54, 1.807) is 13.2 Å². The van der Waals surface area contributed by atoms with Crippen LogP contribution in [0.15, 0.2) is 24.8 Å². The zero-order valence-corrected chi connectivity index (χ0v) is 10.4. The Morgan fingerprint density at radius 1 is 1.35 bits per heavy atom. The van der Waals surface area contributed by atoms with Gasteiger partial charge >= 0.3 is 0 Å². The number of nitrogens with zero attached hydrogens (tertiary/aromatic N) is 2. The maximum absolute atomic E-state index is 6.04. The lowest BCUT2D eigenvalue weighted by Crippen LogP contribution is -2.12. The number of hydrogen-bond acceptors (Lipinski definition) is 4. The van der Waals surface area contributed by atoms with E-state index in [1.165, 1.54) is 12.8 Å². The van der Waals surface area contributed by atoms with Crippen molar-refractivity contribution in [1.29, 1.82) is 0 Å². The minimum absolute atomic E-state index is 0.0304. The number of methoxy groups -OCH3 is 1. The van der Waals surface area contributed by atoms with Crippen molar-refractivity contribution in [1.82, 2.24) is 10.2 Å². The quantitative estimate of drug-likeness (QED) is 0.556. The maximum atomic E-state index is 6.04. The van der Waals surface area contributed by atoms with Crippen LogP contribution >= 0.6 is 0 Å². The lowest BCUT2D eigenvalue weighted by atomic mass is 10.1. The molecule has 0 bridgehead atoms. The van der Waals surface area contributed by atoms with Crippen LogP contribution in [-0.2, 0) is 0 Å². The third kappa shape index (κ3) is 4.95. The third-order valence-corrected chi connectivity index (χ3v) is 2.67. The van der Waals surface area contributed by atoms with Crippen molar-refractivity contribution in [3.63, 3.8) is 0 Å². The highest BCUT2D eigenvalue weighted by molar-refractivity contribution is 5.13. The van der Waals surface area contributed by atoms with Crippen LogP contribution < -0.4 is 10.5 Å². The summed E-state index contributed by atoms with van der Waals surface area (Å²) in [4.78, 5) is 0. The molecule has 0 aliphatic rings. The summed E-state index contributed by atoms with van der Waals surface area (Å²) < 4.78 is 4.95. The monoisotopic (exact) mass is 235 g/mol. The number of nitrogens with two attached hydrogens (primary N) is 1. The molecule has 4 heteroatoms. The van der Waals surface area contributed by atoms with E-state index in [-0.39, 0.29) is 6.04 Å². The Hall–Kier alpha value is -1.42. The van der Waals surface area contributed by atoms with Crippen molar-refractivity contribution in [3.8, 4) is 5.88 Å². The number of unbranched alkanes of at least 4 members (excludes halogenated alkanes) is 3. The van der Waals surface area contributed by atoms with Gasteiger partial charge in [0.2, 0.25) is 5.88 Å². The van der Waals surface area contributed by atoms with Crippen LogP contribution in [0.4, 0.5) is 0 Å². The van der Waals surface area contributed by atoms with E-state index >= 15 is 0 Å². The second-order valence-corrected chi connectivity index (χ2v) is 4.03. The largest absolute Gasteiger partial charge is 0.480 e. The summed E-state index contributed by atoms with van der Waals surface area (Å²) in [7, 11) is 1.57. The first-order chi connectivity index (χ1) is 8.27. The Labute approximate surface area is 103 Å². The summed E-state index contributed by atoms with van der Waals surface area (Å²) in [5.41, 5.74) is 6.87. The van der Waals surface area contributed by atoms with Crippen molar-refractivity contribution >= 4 is 0 Å². The molecular formula is C13H21N3O. The molecule has 1 heterocycles. The molecule has 0 radical (unpaired) electrons. The van der Waals surface area contributed by atoms with Crippen LogP contribution in [0, 0.1) is 0 Å². The Morgan fingerprint density at radius 3 is 2.76 bits per heavy atom. The van der Waals surface area contributed by atoms with Crippen LogP contribution in [-0.4, -0.2) is 17.3 Å². The zero-order valence-electron chi connectivity index (χ0n) is 10.4. The molecule has 2 N–H and O–H groups in total. The fourth-order valence-corrected chi connectivity index (χ4v) is 1.61. The number of aromatic nitrogens is 2. The summed E-state index contributed by atoms with van der Waals surface area (Å²) in [6.45, 7) is 3.70. The summed E-state index contributed by atoms with van der Waals surface area (Å²) in [6.07, 6.45) is 7.46. The van der Waals surface area contributed by atoms with Gasteiger partial charge in [0.1, 0.15) is 0 Å². The summed E-state index contributed by atoms with van der Waals surface area (Å²) >= 11 is 0. The van der Waals surface area contributed by atoms with Crippen molar-refractivity contribution in [2.24, 2.45) is 5.73 Å². The van der Waals surface area contributed by atoms with Gasteiger partial charge in [0.05, 0.1) is 12.8 Å². The molecule has 1 unspecified atom stereocenters. The molecule has 0 aromatic carbocycles. The molecular weight excluding hydrogens is 214 g/mol. The van der Waals surface area contributed by atoms with Crippen LogP contribution in [0.2, 0.25) is 0 Å². The molecule has 1 atom stereocenters. The molecule has 4 nitrogen and oxygen atoms in total. The standard InChI is InChI=1S/C13H21N3O/c1-3-4-5-6-7-8-11(14)12-9-10-13(17-2)16-15-12/h3,9-11H,1,4-8,14H2,2H3. The molecule has 0 aliphatic heterocycles. The lowest BCUT2D eigenvalue weighted by molar-refractivity contribution is 0.390. The lowest BCUT2D eigenvalue weighted by Gasteiger charge is -2.10. The van der Waals surface area contributed by atoms with E-state index in [2.05, 4.69) is 16.8 Å². The van der Waals surface area contributed by atoms with Gasteiger partial charge in [-0.1, -0.05) is 18.9 Å². The highest BCUT2D eigenvalue weighted by Crippen LogP contribution is 2.16. The molecule has 1 aromatic rings. The normalized spacial score (nSPS) is 12.1. The predicted molar refractivity (Wildman–Crippen MR) is 68.8 cm³/mol. The van der Waals surface area contributed by atoms with E-state index in [1.807, 2.05) is 12.1 Å². The number of allylic oxidation sites excluding steroid dienone is 1. The second-order valence-electron chi connectivity index (χ2n) is 4.03. The second kappa shape index (κ2) is 7.79. The van der Waals surface area contributed by atoms with E-state index in [9.17, 15) is 0 Å². The number of rotatable bonds is 8. The van der Waals surface area contributed by atoms with Gasteiger partial charge in [-0.05, 0) is 25.3 Å². The van der Waals surface area contributed by atoms with Gasteiger partial charge < -0.3 is 10.5 Å². The summed E-state index contributed by atoms with van der Waals surface area (Å²) in [6, 6.07) is 3.64. The first-order valence-electron chi connectivity index (χ1n) is 6.02. The molecule has 1 rings (SSSR count). The van der Waals surface area contributed by atoms with Crippen LogP contribution in [0.25, 0.3) is 0 Å². The van der Waals surface area contributed by atoms with E-state index in [4.69, 9.17) is 10.5 Å². The summed E-state index contributed by atoms with van der Waals surface area (Å²) in [5.74, 6) is 0.520. The van der Waals surface area contributed by atoms with Crippen LogP contribution in [0.5, 0.6) is 5.88 Å². The third-order valence-electron chi connectivity index (χ3n) is 2.67. The fraction of sp³-hybridized carbons (Fsp3) is 0.538. The predicted octanol–water partition coefficient (Wildman–Crippen LogP) is 2.62. The van der Waals surface area contributed by atoms with E-state index < -0.39 is 0 Å². The Bertz CT molecular complexity index is 324. The first kappa shape index (κ1) is 13.6. The molecule has 94 valence electrons.